The van der Waals surface area contributed by atoms with Crippen LogP contribution in [0.4, 0.5) is 0 Å². The molecule has 0 amide bonds. The molecular formula is C90H148O8. The molecule has 0 aromatic heterocycles. The number of unbranched alkanes of at least 4 members (excludes halogenated alkanes) is 3. The van der Waals surface area contributed by atoms with Crippen molar-refractivity contribution in [2.45, 2.75) is 377 Å². The maximum Gasteiger partial charge on any atom is 0.123 e. The molecule has 556 valence electrons. The Morgan fingerprint density at radius 1 is 0.265 bits per heavy atom. The van der Waals surface area contributed by atoms with Crippen LogP contribution in [0.5, 0.6) is 23.0 Å². The maximum absolute atomic E-state index is 10.9. The lowest BCUT2D eigenvalue weighted by atomic mass is 9.77. The predicted molar refractivity (Wildman–Crippen MR) is 417 cm³/mol. The van der Waals surface area contributed by atoms with Gasteiger partial charge >= 0.3 is 0 Å². The van der Waals surface area contributed by atoms with Gasteiger partial charge in [0.2, 0.25) is 0 Å². The van der Waals surface area contributed by atoms with E-state index in [4.69, 9.17) is 18.9 Å². The van der Waals surface area contributed by atoms with Crippen LogP contribution in [0.1, 0.15) is 401 Å². The van der Waals surface area contributed by atoms with Gasteiger partial charge in [-0.05, 0) is 253 Å². The first kappa shape index (κ1) is 84.6. The van der Waals surface area contributed by atoms with E-state index in [1.165, 1.54) is 112 Å². The van der Waals surface area contributed by atoms with Gasteiger partial charge < -0.3 is 39.4 Å². The second kappa shape index (κ2) is 34.9. The second-order valence-corrected chi connectivity index (χ2v) is 38.8. The predicted octanol–water partition coefficient (Wildman–Crippen LogP) is 25.8. The van der Waals surface area contributed by atoms with Crippen LogP contribution in [0.25, 0.3) is 0 Å². The number of benzene rings is 4. The highest BCUT2D eigenvalue weighted by atomic mass is 16.5. The monoisotopic (exact) mass is 1360 g/mol. The topological polar surface area (TPSA) is 118 Å². The van der Waals surface area contributed by atoms with Gasteiger partial charge in [-0.3, -0.25) is 0 Å². The van der Waals surface area contributed by atoms with E-state index in [1.54, 1.807) is 0 Å². The fourth-order valence-corrected chi connectivity index (χ4v) is 14.8. The molecule has 4 aromatic rings. The number of hydrogen-bond donors (Lipinski definition) is 4. The van der Waals surface area contributed by atoms with Crippen molar-refractivity contribution in [2.24, 2.45) is 23.7 Å². The first-order chi connectivity index (χ1) is 45.1. The van der Waals surface area contributed by atoms with Gasteiger partial charge in [0.1, 0.15) is 23.0 Å². The normalized spacial score (nSPS) is 22.4. The van der Waals surface area contributed by atoms with Crippen LogP contribution in [0.15, 0.2) is 48.5 Å². The van der Waals surface area contributed by atoms with Crippen LogP contribution in [0, 0.1) is 23.7 Å². The van der Waals surface area contributed by atoms with Crippen molar-refractivity contribution in [3.05, 3.63) is 115 Å². The zero-order chi connectivity index (χ0) is 73.9. The molecule has 8 heteroatoms. The van der Waals surface area contributed by atoms with E-state index < -0.39 is 0 Å². The van der Waals surface area contributed by atoms with Crippen molar-refractivity contribution in [1.29, 1.82) is 0 Å². The third-order valence-corrected chi connectivity index (χ3v) is 21.4. The minimum absolute atomic E-state index is 0.0826. The summed E-state index contributed by atoms with van der Waals surface area (Å²) in [6.45, 7) is 64.5. The van der Waals surface area contributed by atoms with Crippen LogP contribution >= 0.6 is 0 Å². The van der Waals surface area contributed by atoms with Gasteiger partial charge in [0.05, 0.1) is 50.8 Å². The lowest BCUT2D eigenvalue weighted by Gasteiger charge is -2.33. The smallest absolute Gasteiger partial charge is 0.123 e. The van der Waals surface area contributed by atoms with Gasteiger partial charge in [-0.1, -0.05) is 239 Å². The lowest BCUT2D eigenvalue weighted by Crippen LogP contribution is -2.23. The molecule has 8 unspecified atom stereocenters. The average Bonchev–Trinajstić information content (AvgIpc) is 0.796. The molecule has 8 rings (SSSR count). The summed E-state index contributed by atoms with van der Waals surface area (Å²) in [5, 5.41) is 43.5. The van der Waals surface area contributed by atoms with Crippen LogP contribution in [-0.4, -0.2) is 46.9 Å². The molecular weight excluding hydrogens is 1210 g/mol. The zero-order valence-electron chi connectivity index (χ0n) is 68.2. The lowest BCUT2D eigenvalue weighted by molar-refractivity contribution is -0.0200. The van der Waals surface area contributed by atoms with E-state index in [-0.39, 0.29) is 67.7 Å². The molecule has 4 heterocycles. The summed E-state index contributed by atoms with van der Waals surface area (Å²) in [6, 6.07) is 17.4. The van der Waals surface area contributed by atoms with Crippen molar-refractivity contribution in [3.8, 4) is 23.0 Å². The molecule has 4 fully saturated rings. The van der Waals surface area contributed by atoms with Crippen LogP contribution in [-0.2, 0) is 62.3 Å². The van der Waals surface area contributed by atoms with Gasteiger partial charge in [-0.2, -0.15) is 0 Å². The zero-order valence-corrected chi connectivity index (χ0v) is 68.2. The second-order valence-electron chi connectivity index (χ2n) is 38.8. The van der Waals surface area contributed by atoms with E-state index in [0.717, 1.165) is 108 Å². The number of rotatable bonds is 14. The Labute approximate surface area is 601 Å². The van der Waals surface area contributed by atoms with Gasteiger partial charge in [0, 0.05) is 0 Å². The SMILES string of the molecule is CCC1CCC(c2cc(C(C)(C)C)c(O)c(C(C)(C)C)c2)OC1.CCCC1CCC(c2cc(C(C)(C)C)c(O)c(C(C)(C)C)c2)OC1.CCCCC1CCC(c2cc(C(C)(C)C)c(O)c(C(C)(C)C)c2)OC1.CCCCCC1CCC(c2cc(C(C)(C)C)c(O)c(C(C)(C)C)c2)OC1. The molecule has 8 atom stereocenters. The van der Waals surface area contributed by atoms with Gasteiger partial charge in [0.15, 0.2) is 0 Å². The number of ether oxygens (including phenoxy) is 4. The molecule has 4 saturated heterocycles. The van der Waals surface area contributed by atoms with Gasteiger partial charge in [-0.25, -0.2) is 0 Å². The molecule has 8 nitrogen and oxygen atoms in total. The molecule has 4 aliphatic heterocycles. The summed E-state index contributed by atoms with van der Waals surface area (Å²) < 4.78 is 25.0. The van der Waals surface area contributed by atoms with E-state index in [9.17, 15) is 20.4 Å². The maximum atomic E-state index is 10.9. The van der Waals surface area contributed by atoms with E-state index in [2.05, 4.69) is 242 Å². The first-order valence-corrected chi connectivity index (χ1v) is 39.1. The molecule has 98 heavy (non-hydrogen) atoms. The number of hydrogen-bond acceptors (Lipinski definition) is 8. The Morgan fingerprint density at radius 2 is 0.469 bits per heavy atom. The molecule has 0 saturated carbocycles. The minimum Gasteiger partial charge on any atom is -0.507 e. The van der Waals surface area contributed by atoms with E-state index in [0.29, 0.717) is 34.8 Å². The Hall–Kier alpha value is -4.08. The molecule has 4 aliphatic rings. The van der Waals surface area contributed by atoms with E-state index in [1.807, 2.05) is 0 Å². The van der Waals surface area contributed by atoms with Crippen molar-refractivity contribution >= 4 is 0 Å². The quantitative estimate of drug-likeness (QED) is 0.0923. The number of phenolic OH excluding ortho intramolecular Hbond substituents is 4. The highest BCUT2D eigenvalue weighted by molar-refractivity contribution is 5.54. The summed E-state index contributed by atoms with van der Waals surface area (Å²) in [6.07, 6.45) is 22.8. The average molecular weight is 1360 g/mol. The third-order valence-electron chi connectivity index (χ3n) is 21.4. The molecule has 4 N–H and O–H groups in total. The van der Waals surface area contributed by atoms with Crippen LogP contribution in [0.3, 0.4) is 0 Å². The summed E-state index contributed by atoms with van der Waals surface area (Å²) in [5.74, 6) is 4.69. The Kier molecular flexibility index (Phi) is 30.1. The summed E-state index contributed by atoms with van der Waals surface area (Å²) in [4.78, 5) is 0. The fourth-order valence-electron chi connectivity index (χ4n) is 14.8. The van der Waals surface area contributed by atoms with Crippen molar-refractivity contribution < 1.29 is 39.4 Å². The van der Waals surface area contributed by atoms with Crippen molar-refractivity contribution in [1.82, 2.24) is 0 Å². The third kappa shape index (κ3) is 24.0. The molecule has 0 spiro atoms. The fraction of sp³-hybridized carbons (Fsp3) is 0.733. The van der Waals surface area contributed by atoms with E-state index >= 15 is 0 Å². The Bertz CT molecular complexity index is 2930. The van der Waals surface area contributed by atoms with Crippen molar-refractivity contribution in [3.63, 3.8) is 0 Å². The Morgan fingerprint density at radius 3 is 0.643 bits per heavy atom. The standard InChI is InChI=1S/C24H40O2.C23H38O2.C22H36O2.C21H34O2/c1-8-9-10-11-17-12-13-21(26-16-17)18-14-19(23(2,3)4)22(25)20(15-18)24(5,6)7;1-8-9-10-16-11-12-20(25-15-16)17-13-18(22(2,3)4)21(24)19(14-17)23(5,6)7;1-8-9-15-10-11-19(24-14-15)16-12-17(21(2,3)4)20(23)18(13-16)22(5,6)7;1-8-14-9-10-18(23-13-14)15-11-16(20(2,3)4)19(22)17(12-15)21(5,6)7/h14-15,17,21,25H,8-13,16H2,1-7H3;13-14,16,20,24H,8-12,15H2,1-7H3;12-13,15,19,23H,8-11,14H2,1-7H3;11-12,14,18,22H,8-10,13H2,1-7H3. The highest BCUT2D eigenvalue weighted by Crippen LogP contribution is 2.49. The summed E-state index contributed by atoms with van der Waals surface area (Å²) in [7, 11) is 0. The van der Waals surface area contributed by atoms with Crippen LogP contribution in [0.2, 0.25) is 0 Å². The molecule has 0 aliphatic carbocycles. The number of phenols is 4. The molecule has 4 aromatic carbocycles. The largest absolute Gasteiger partial charge is 0.507 e. The van der Waals surface area contributed by atoms with Gasteiger partial charge in [0.25, 0.3) is 0 Å². The Balaban J connectivity index is 0.000000236. The summed E-state index contributed by atoms with van der Waals surface area (Å²) in [5.41, 5.74) is 12.5. The summed E-state index contributed by atoms with van der Waals surface area (Å²) >= 11 is 0. The van der Waals surface area contributed by atoms with Crippen LogP contribution < -0.4 is 0 Å². The van der Waals surface area contributed by atoms with Crippen molar-refractivity contribution in [2.75, 3.05) is 26.4 Å². The number of aromatic hydroxyl groups is 4. The highest BCUT2D eigenvalue weighted by Gasteiger charge is 2.36. The minimum atomic E-state index is -0.0859. The molecule has 0 bridgehead atoms. The first-order valence-electron chi connectivity index (χ1n) is 39.1. The van der Waals surface area contributed by atoms with Gasteiger partial charge in [-0.15, -0.1) is 0 Å². The molecule has 0 radical (unpaired) electrons.